The summed E-state index contributed by atoms with van der Waals surface area (Å²) in [7, 11) is 1.42. The fraction of sp³-hybridized carbons (Fsp3) is 0.312. The quantitative estimate of drug-likeness (QED) is 0.583. The van der Waals surface area contributed by atoms with Gasteiger partial charge in [0.05, 0.1) is 18.3 Å². The topological polar surface area (TPSA) is 99.6 Å². The maximum absolute atomic E-state index is 12.0. The Morgan fingerprint density at radius 3 is 2.71 bits per heavy atom. The number of nitrogens with zero attached hydrogens (tertiary/aromatic N) is 2. The van der Waals surface area contributed by atoms with Crippen LogP contribution in [0, 0.1) is 0 Å². The number of hydrogen-bond donors (Lipinski definition) is 3. The minimum absolute atomic E-state index is 0.129. The van der Waals surface area contributed by atoms with Crippen molar-refractivity contribution >= 4 is 23.7 Å². The highest BCUT2D eigenvalue weighted by atomic mass is 35.5. The minimum atomic E-state index is -0.435. The van der Waals surface area contributed by atoms with Crippen LogP contribution in [0.5, 0.6) is 11.5 Å². The molecule has 2 rings (SSSR count). The van der Waals surface area contributed by atoms with Crippen LogP contribution in [0.2, 0.25) is 5.02 Å². The molecule has 0 unspecified atom stereocenters. The lowest BCUT2D eigenvalue weighted by Gasteiger charge is -2.14. The summed E-state index contributed by atoms with van der Waals surface area (Å²) in [6.45, 7) is 6.05. The summed E-state index contributed by atoms with van der Waals surface area (Å²) in [5, 5.41) is 20.5. The first-order valence-electron chi connectivity index (χ1n) is 7.18. The van der Waals surface area contributed by atoms with Crippen LogP contribution in [0.4, 0.5) is 0 Å². The summed E-state index contributed by atoms with van der Waals surface area (Å²) < 4.78 is 5.00. The SMILES string of the molecule is COc1cc(/C=N/NC(=O)c2cc(C(C)(C)C)[nH]n2)cc(Cl)c1O. The number of carbonyl (C=O) groups excluding carboxylic acids is 1. The molecule has 0 atom stereocenters. The molecule has 0 saturated heterocycles. The summed E-state index contributed by atoms with van der Waals surface area (Å²) in [6, 6.07) is 4.73. The Bertz CT molecular complexity index is 778. The number of ether oxygens (including phenoxy) is 1. The molecule has 0 aliphatic heterocycles. The Hall–Kier alpha value is -2.54. The number of rotatable bonds is 4. The minimum Gasteiger partial charge on any atom is -0.503 e. The van der Waals surface area contributed by atoms with E-state index in [4.69, 9.17) is 16.3 Å². The maximum Gasteiger partial charge on any atom is 0.291 e. The highest BCUT2D eigenvalue weighted by molar-refractivity contribution is 6.32. The van der Waals surface area contributed by atoms with Crippen molar-refractivity contribution in [1.82, 2.24) is 15.6 Å². The Kier molecular flexibility index (Phi) is 5.14. The van der Waals surface area contributed by atoms with Gasteiger partial charge in [0.25, 0.3) is 5.91 Å². The van der Waals surface area contributed by atoms with Crippen LogP contribution < -0.4 is 10.2 Å². The van der Waals surface area contributed by atoms with Crippen LogP contribution in [0.1, 0.15) is 42.5 Å². The zero-order valence-electron chi connectivity index (χ0n) is 13.8. The van der Waals surface area contributed by atoms with E-state index >= 15 is 0 Å². The van der Waals surface area contributed by atoms with Crippen LogP contribution in [0.25, 0.3) is 0 Å². The van der Waals surface area contributed by atoms with E-state index < -0.39 is 5.91 Å². The van der Waals surface area contributed by atoms with Crippen molar-refractivity contribution in [3.63, 3.8) is 0 Å². The molecule has 3 N–H and O–H groups in total. The standard InChI is InChI=1S/C16H19ClN4O3/c1-16(2,3)13-7-11(19-20-13)15(23)21-18-8-9-5-10(17)14(22)12(6-9)24-4/h5-8,22H,1-4H3,(H,19,20)(H,21,23)/b18-8+. The molecule has 0 radical (unpaired) electrons. The number of aromatic nitrogens is 2. The first-order valence-corrected chi connectivity index (χ1v) is 7.56. The van der Waals surface area contributed by atoms with Crippen LogP contribution in [-0.4, -0.2) is 34.5 Å². The molecule has 0 aliphatic rings. The fourth-order valence-corrected chi connectivity index (χ4v) is 2.09. The number of amides is 1. The average Bonchev–Trinajstić information content (AvgIpc) is 3.00. The van der Waals surface area contributed by atoms with E-state index in [0.29, 0.717) is 5.56 Å². The number of carbonyl (C=O) groups is 1. The van der Waals surface area contributed by atoms with Gasteiger partial charge in [0.1, 0.15) is 0 Å². The highest BCUT2D eigenvalue weighted by Gasteiger charge is 2.19. The van der Waals surface area contributed by atoms with E-state index in [1.807, 2.05) is 20.8 Å². The second-order valence-electron chi connectivity index (χ2n) is 6.17. The summed E-state index contributed by atoms with van der Waals surface area (Å²) in [5.74, 6) is -0.362. The predicted molar refractivity (Wildman–Crippen MR) is 92.0 cm³/mol. The number of phenolic OH excluding ortho intramolecular Hbond substituents is 1. The van der Waals surface area contributed by atoms with E-state index in [2.05, 4.69) is 20.7 Å². The summed E-state index contributed by atoms with van der Waals surface area (Å²) in [5.41, 5.74) is 3.92. The number of H-pyrrole nitrogens is 1. The molecule has 0 spiro atoms. The number of phenols is 1. The number of aromatic amines is 1. The second kappa shape index (κ2) is 6.92. The lowest BCUT2D eigenvalue weighted by atomic mass is 9.92. The molecule has 0 saturated carbocycles. The lowest BCUT2D eigenvalue weighted by molar-refractivity contribution is 0.0950. The van der Waals surface area contributed by atoms with Gasteiger partial charge < -0.3 is 9.84 Å². The summed E-state index contributed by atoms with van der Waals surface area (Å²) >= 11 is 5.89. The third-order valence-electron chi connectivity index (χ3n) is 3.27. The van der Waals surface area contributed by atoms with Crippen molar-refractivity contribution in [2.45, 2.75) is 26.2 Å². The van der Waals surface area contributed by atoms with Crippen molar-refractivity contribution in [2.24, 2.45) is 5.10 Å². The van der Waals surface area contributed by atoms with Gasteiger partial charge in [0, 0.05) is 11.1 Å². The van der Waals surface area contributed by atoms with Crippen LogP contribution in [0.15, 0.2) is 23.3 Å². The number of aromatic hydroxyl groups is 1. The van der Waals surface area contributed by atoms with Crippen molar-refractivity contribution < 1.29 is 14.6 Å². The van der Waals surface area contributed by atoms with E-state index in [1.165, 1.54) is 19.4 Å². The van der Waals surface area contributed by atoms with Gasteiger partial charge in [-0.25, -0.2) is 5.43 Å². The smallest absolute Gasteiger partial charge is 0.291 e. The lowest BCUT2D eigenvalue weighted by Crippen LogP contribution is -2.18. The summed E-state index contributed by atoms with van der Waals surface area (Å²) in [6.07, 6.45) is 1.39. The Morgan fingerprint density at radius 2 is 2.12 bits per heavy atom. The number of halogens is 1. The van der Waals surface area contributed by atoms with Crippen LogP contribution >= 0.6 is 11.6 Å². The Balaban J connectivity index is 2.07. The van der Waals surface area contributed by atoms with Gasteiger partial charge in [-0.3, -0.25) is 9.89 Å². The van der Waals surface area contributed by atoms with Gasteiger partial charge in [0.15, 0.2) is 17.2 Å². The monoisotopic (exact) mass is 350 g/mol. The normalized spacial score (nSPS) is 11.7. The van der Waals surface area contributed by atoms with Gasteiger partial charge in [-0.1, -0.05) is 32.4 Å². The molecule has 1 aromatic carbocycles. The molecule has 0 aliphatic carbocycles. The Morgan fingerprint density at radius 1 is 1.42 bits per heavy atom. The largest absolute Gasteiger partial charge is 0.503 e. The zero-order valence-corrected chi connectivity index (χ0v) is 14.6. The maximum atomic E-state index is 12.0. The van der Waals surface area contributed by atoms with Crippen molar-refractivity contribution in [2.75, 3.05) is 7.11 Å². The van der Waals surface area contributed by atoms with Gasteiger partial charge in [-0.2, -0.15) is 10.2 Å². The fourth-order valence-electron chi connectivity index (χ4n) is 1.87. The molecule has 2 aromatic rings. The first-order chi connectivity index (χ1) is 11.2. The highest BCUT2D eigenvalue weighted by Crippen LogP contribution is 2.34. The molecule has 7 nitrogen and oxygen atoms in total. The molecule has 1 amide bonds. The second-order valence-corrected chi connectivity index (χ2v) is 6.58. The van der Waals surface area contributed by atoms with E-state index in [9.17, 15) is 9.90 Å². The van der Waals surface area contributed by atoms with E-state index in [-0.39, 0.29) is 27.6 Å². The zero-order chi connectivity index (χ0) is 17.9. The first kappa shape index (κ1) is 17.8. The van der Waals surface area contributed by atoms with Gasteiger partial charge >= 0.3 is 0 Å². The molecular weight excluding hydrogens is 332 g/mol. The number of nitrogens with one attached hydrogen (secondary N) is 2. The molecule has 0 fully saturated rings. The van der Waals surface area contributed by atoms with Crippen molar-refractivity contribution in [1.29, 1.82) is 0 Å². The van der Waals surface area contributed by atoms with Crippen LogP contribution in [0.3, 0.4) is 0 Å². The Labute approximate surface area is 144 Å². The molecule has 0 bridgehead atoms. The van der Waals surface area contributed by atoms with Crippen LogP contribution in [-0.2, 0) is 5.41 Å². The molecule has 8 heteroatoms. The molecule has 1 aromatic heterocycles. The van der Waals surface area contributed by atoms with Crippen molar-refractivity contribution in [3.8, 4) is 11.5 Å². The van der Waals surface area contributed by atoms with Gasteiger partial charge in [0.2, 0.25) is 0 Å². The molecule has 1 heterocycles. The molecule has 24 heavy (non-hydrogen) atoms. The average molecular weight is 351 g/mol. The number of methoxy groups -OCH3 is 1. The number of benzene rings is 1. The van der Waals surface area contributed by atoms with E-state index in [1.54, 1.807) is 12.1 Å². The molecular formula is C16H19ClN4O3. The predicted octanol–water partition coefficient (Wildman–Crippen LogP) is 2.84. The van der Waals surface area contributed by atoms with Crippen molar-refractivity contribution in [3.05, 3.63) is 40.2 Å². The summed E-state index contributed by atoms with van der Waals surface area (Å²) in [4.78, 5) is 12.0. The number of hydrazone groups is 1. The molecule has 128 valence electrons. The van der Waals surface area contributed by atoms with E-state index in [0.717, 1.165) is 5.69 Å². The third kappa shape index (κ3) is 4.05. The van der Waals surface area contributed by atoms with Gasteiger partial charge in [-0.05, 0) is 23.8 Å². The number of hydrogen-bond acceptors (Lipinski definition) is 5. The van der Waals surface area contributed by atoms with Gasteiger partial charge in [-0.15, -0.1) is 0 Å². The third-order valence-corrected chi connectivity index (χ3v) is 3.56.